The maximum Gasteiger partial charge on any atom is 0.260 e. The fourth-order valence-electron chi connectivity index (χ4n) is 1.73. The quantitative estimate of drug-likeness (QED) is 0.830. The van der Waals surface area contributed by atoms with Gasteiger partial charge in [0.1, 0.15) is 5.75 Å². The van der Waals surface area contributed by atoms with Gasteiger partial charge in [-0.25, -0.2) is 0 Å². The van der Waals surface area contributed by atoms with Gasteiger partial charge in [-0.05, 0) is 33.3 Å². The molecule has 0 radical (unpaired) electrons. The predicted molar refractivity (Wildman–Crippen MR) is 75.1 cm³/mol. The Morgan fingerprint density at radius 1 is 1.32 bits per heavy atom. The molecule has 4 nitrogen and oxygen atoms in total. The van der Waals surface area contributed by atoms with Gasteiger partial charge >= 0.3 is 0 Å². The number of amides is 1. The van der Waals surface area contributed by atoms with Crippen molar-refractivity contribution in [3.8, 4) is 5.75 Å². The number of hydrogen-bond donors (Lipinski definition) is 2. The van der Waals surface area contributed by atoms with Crippen LogP contribution < -0.4 is 10.1 Å². The molecular formula is C15H23NO3. The number of carbonyl (C=O) groups excluding carboxylic acids is 1. The highest BCUT2D eigenvalue weighted by molar-refractivity contribution is 5.80. The number of carbonyl (C=O) groups is 1. The lowest BCUT2D eigenvalue weighted by Crippen LogP contribution is -2.40. The SMILES string of the molecule is CCC(O)c1ccccc1OC(C)C(=O)NC(C)C. The third kappa shape index (κ3) is 4.56. The highest BCUT2D eigenvalue weighted by Crippen LogP contribution is 2.27. The molecule has 0 aliphatic carbocycles. The van der Waals surface area contributed by atoms with Crippen LogP contribution in [-0.4, -0.2) is 23.2 Å². The van der Waals surface area contributed by atoms with Crippen molar-refractivity contribution >= 4 is 5.91 Å². The van der Waals surface area contributed by atoms with E-state index in [0.717, 1.165) is 0 Å². The van der Waals surface area contributed by atoms with Gasteiger partial charge in [-0.15, -0.1) is 0 Å². The highest BCUT2D eigenvalue weighted by atomic mass is 16.5. The molecule has 1 aromatic rings. The minimum atomic E-state index is -0.590. The lowest BCUT2D eigenvalue weighted by Gasteiger charge is -2.20. The summed E-state index contributed by atoms with van der Waals surface area (Å²) in [7, 11) is 0. The Morgan fingerprint density at radius 2 is 1.95 bits per heavy atom. The van der Waals surface area contributed by atoms with Crippen molar-refractivity contribution in [2.45, 2.75) is 52.4 Å². The normalized spacial score (nSPS) is 14.0. The molecule has 0 fully saturated rings. The summed E-state index contributed by atoms with van der Waals surface area (Å²) in [6.45, 7) is 7.40. The topological polar surface area (TPSA) is 58.6 Å². The summed E-state index contributed by atoms with van der Waals surface area (Å²) >= 11 is 0. The van der Waals surface area contributed by atoms with E-state index in [-0.39, 0.29) is 11.9 Å². The van der Waals surface area contributed by atoms with Crippen LogP contribution in [-0.2, 0) is 4.79 Å². The number of aliphatic hydroxyl groups excluding tert-OH is 1. The minimum Gasteiger partial charge on any atom is -0.481 e. The number of nitrogens with one attached hydrogen (secondary N) is 1. The summed E-state index contributed by atoms with van der Waals surface area (Å²) in [6.07, 6.45) is -0.559. The highest BCUT2D eigenvalue weighted by Gasteiger charge is 2.18. The van der Waals surface area contributed by atoms with Crippen molar-refractivity contribution in [3.63, 3.8) is 0 Å². The Morgan fingerprint density at radius 3 is 2.53 bits per heavy atom. The van der Waals surface area contributed by atoms with Crippen molar-refractivity contribution in [1.29, 1.82) is 0 Å². The van der Waals surface area contributed by atoms with Crippen LogP contribution in [0.1, 0.15) is 45.8 Å². The van der Waals surface area contributed by atoms with Crippen LogP contribution in [0.15, 0.2) is 24.3 Å². The van der Waals surface area contributed by atoms with Crippen molar-refractivity contribution in [1.82, 2.24) is 5.32 Å². The first-order valence-corrected chi connectivity index (χ1v) is 6.69. The molecule has 2 atom stereocenters. The van der Waals surface area contributed by atoms with E-state index in [1.165, 1.54) is 0 Å². The zero-order chi connectivity index (χ0) is 14.4. The first-order chi connectivity index (χ1) is 8.95. The molecule has 0 aliphatic rings. The van der Waals surface area contributed by atoms with Gasteiger partial charge in [0.15, 0.2) is 6.10 Å². The zero-order valence-corrected chi connectivity index (χ0v) is 12.0. The fraction of sp³-hybridized carbons (Fsp3) is 0.533. The lowest BCUT2D eigenvalue weighted by atomic mass is 10.1. The Labute approximate surface area is 114 Å². The van der Waals surface area contributed by atoms with Gasteiger partial charge in [0.25, 0.3) is 5.91 Å². The first kappa shape index (κ1) is 15.5. The summed E-state index contributed by atoms with van der Waals surface area (Å²) in [5, 5.41) is 12.7. The molecule has 0 heterocycles. The van der Waals surface area contributed by atoms with E-state index >= 15 is 0 Å². The van der Waals surface area contributed by atoms with Gasteiger partial charge in [0.2, 0.25) is 0 Å². The number of benzene rings is 1. The van der Waals surface area contributed by atoms with E-state index in [9.17, 15) is 9.90 Å². The van der Waals surface area contributed by atoms with Crippen LogP contribution in [0.3, 0.4) is 0 Å². The molecule has 1 amide bonds. The summed E-state index contributed by atoms with van der Waals surface area (Å²) in [5.74, 6) is 0.402. The summed E-state index contributed by atoms with van der Waals surface area (Å²) < 4.78 is 5.66. The molecule has 0 bridgehead atoms. The van der Waals surface area contributed by atoms with E-state index in [4.69, 9.17) is 4.74 Å². The summed E-state index contributed by atoms with van der Waals surface area (Å²) in [5.41, 5.74) is 0.717. The smallest absolute Gasteiger partial charge is 0.260 e. The van der Waals surface area contributed by atoms with Crippen LogP contribution in [0.4, 0.5) is 0 Å². The van der Waals surface area contributed by atoms with Crippen molar-refractivity contribution in [2.24, 2.45) is 0 Å². The second-order valence-electron chi connectivity index (χ2n) is 4.89. The average Bonchev–Trinajstić information content (AvgIpc) is 2.37. The average molecular weight is 265 g/mol. The van der Waals surface area contributed by atoms with Crippen LogP contribution in [0, 0.1) is 0 Å². The Kier molecular flexibility index (Phi) is 5.83. The molecule has 1 rings (SSSR count). The van der Waals surface area contributed by atoms with E-state index in [1.807, 2.05) is 39.0 Å². The minimum absolute atomic E-state index is 0.0787. The Balaban J connectivity index is 2.79. The molecule has 4 heteroatoms. The molecule has 106 valence electrons. The standard InChI is InChI=1S/C15H23NO3/c1-5-13(17)12-8-6-7-9-14(12)19-11(4)15(18)16-10(2)3/h6-11,13,17H,5H2,1-4H3,(H,16,18). The molecule has 2 N–H and O–H groups in total. The monoisotopic (exact) mass is 265 g/mol. The van der Waals surface area contributed by atoms with Crippen LogP contribution in [0.2, 0.25) is 0 Å². The van der Waals surface area contributed by atoms with Gasteiger partial charge in [0.05, 0.1) is 6.10 Å². The summed E-state index contributed by atoms with van der Waals surface area (Å²) in [6, 6.07) is 7.34. The number of ether oxygens (including phenoxy) is 1. The largest absolute Gasteiger partial charge is 0.481 e. The van der Waals surface area contributed by atoms with Gasteiger partial charge < -0.3 is 15.2 Å². The van der Waals surface area contributed by atoms with Gasteiger partial charge in [-0.1, -0.05) is 25.1 Å². The molecule has 0 aliphatic heterocycles. The molecule has 0 spiro atoms. The molecule has 19 heavy (non-hydrogen) atoms. The first-order valence-electron chi connectivity index (χ1n) is 6.69. The Hall–Kier alpha value is -1.55. The van der Waals surface area contributed by atoms with Gasteiger partial charge in [-0.3, -0.25) is 4.79 Å². The second-order valence-corrected chi connectivity index (χ2v) is 4.89. The third-order valence-electron chi connectivity index (χ3n) is 2.77. The lowest BCUT2D eigenvalue weighted by molar-refractivity contribution is -0.127. The fourth-order valence-corrected chi connectivity index (χ4v) is 1.73. The van der Waals surface area contributed by atoms with Crippen molar-refractivity contribution < 1.29 is 14.6 Å². The van der Waals surface area contributed by atoms with Gasteiger partial charge in [0, 0.05) is 11.6 Å². The number of rotatable bonds is 6. The van der Waals surface area contributed by atoms with Crippen LogP contribution >= 0.6 is 0 Å². The van der Waals surface area contributed by atoms with Crippen LogP contribution in [0.25, 0.3) is 0 Å². The van der Waals surface area contributed by atoms with Crippen LogP contribution in [0.5, 0.6) is 5.75 Å². The second kappa shape index (κ2) is 7.14. The maximum atomic E-state index is 11.8. The zero-order valence-electron chi connectivity index (χ0n) is 12.0. The number of hydrogen-bond acceptors (Lipinski definition) is 3. The maximum absolute atomic E-state index is 11.8. The number of para-hydroxylation sites is 1. The van der Waals surface area contributed by atoms with Gasteiger partial charge in [-0.2, -0.15) is 0 Å². The predicted octanol–water partition coefficient (Wildman–Crippen LogP) is 2.42. The molecule has 2 unspecified atom stereocenters. The molecular weight excluding hydrogens is 242 g/mol. The molecule has 0 aromatic heterocycles. The number of aliphatic hydroxyl groups is 1. The van der Waals surface area contributed by atoms with E-state index < -0.39 is 12.2 Å². The molecule has 0 saturated heterocycles. The molecule has 0 saturated carbocycles. The van der Waals surface area contributed by atoms with Crippen molar-refractivity contribution in [2.75, 3.05) is 0 Å². The Bertz CT molecular complexity index is 418. The third-order valence-corrected chi connectivity index (χ3v) is 2.77. The van der Waals surface area contributed by atoms with E-state index in [2.05, 4.69) is 5.32 Å². The van der Waals surface area contributed by atoms with E-state index in [1.54, 1.807) is 13.0 Å². The van der Waals surface area contributed by atoms with Crippen molar-refractivity contribution in [3.05, 3.63) is 29.8 Å². The summed E-state index contributed by atoms with van der Waals surface area (Å²) in [4.78, 5) is 11.8. The molecule has 1 aromatic carbocycles. The van der Waals surface area contributed by atoms with E-state index in [0.29, 0.717) is 17.7 Å².